The van der Waals surface area contributed by atoms with E-state index in [1.54, 1.807) is 0 Å². The van der Waals surface area contributed by atoms with Crippen LogP contribution in [0, 0.1) is 0 Å². The molecule has 0 saturated carbocycles. The summed E-state index contributed by atoms with van der Waals surface area (Å²) < 4.78 is 38.8. The summed E-state index contributed by atoms with van der Waals surface area (Å²) in [6.45, 7) is -0.0868. The van der Waals surface area contributed by atoms with E-state index in [0.717, 1.165) is 10.2 Å². The van der Waals surface area contributed by atoms with E-state index >= 15 is 0 Å². The molecule has 28 heavy (non-hydrogen) atoms. The number of aliphatic hydroxyl groups is 1. The number of pyridine rings is 1. The molecular weight excluding hydrogens is 375 g/mol. The van der Waals surface area contributed by atoms with Gasteiger partial charge < -0.3 is 10.4 Å². The average Bonchev–Trinajstić information content (AvgIpc) is 3.02. The Morgan fingerprint density at radius 3 is 2.64 bits per heavy atom. The van der Waals surface area contributed by atoms with Gasteiger partial charge in [-0.1, -0.05) is 30.3 Å². The van der Waals surface area contributed by atoms with Crippen LogP contribution in [0.5, 0.6) is 0 Å². The van der Waals surface area contributed by atoms with Gasteiger partial charge in [-0.15, -0.1) is 0 Å². The first kappa shape index (κ1) is 19.6. The predicted octanol–water partition coefficient (Wildman–Crippen LogP) is 3.37. The van der Waals surface area contributed by atoms with Gasteiger partial charge in [-0.25, -0.2) is 9.78 Å². The third-order valence-corrected chi connectivity index (χ3v) is 4.06. The molecule has 2 heterocycles. The van der Waals surface area contributed by atoms with Crippen molar-refractivity contribution >= 4 is 22.8 Å². The molecule has 3 N–H and O–H groups in total. The van der Waals surface area contributed by atoms with E-state index in [2.05, 4.69) is 20.7 Å². The Labute approximate surface area is 158 Å². The molecule has 0 radical (unpaired) electrons. The molecule has 1 aromatic carbocycles. The molecule has 0 aliphatic rings. The Balaban J connectivity index is 1.79. The summed E-state index contributed by atoms with van der Waals surface area (Å²) in [6.07, 6.45) is -3.23. The van der Waals surface area contributed by atoms with E-state index in [-0.39, 0.29) is 23.1 Å². The lowest BCUT2D eigenvalue weighted by atomic mass is 10.1. The Bertz CT molecular complexity index is 973. The summed E-state index contributed by atoms with van der Waals surface area (Å²) in [6, 6.07) is 9.92. The zero-order valence-electron chi connectivity index (χ0n) is 14.9. The van der Waals surface area contributed by atoms with E-state index in [1.165, 1.54) is 12.3 Å². The lowest BCUT2D eigenvalue weighted by Gasteiger charge is -2.15. The van der Waals surface area contributed by atoms with E-state index in [0.29, 0.717) is 5.39 Å². The lowest BCUT2D eigenvalue weighted by Crippen LogP contribution is -2.31. The van der Waals surface area contributed by atoms with Crippen LogP contribution in [-0.2, 0) is 13.2 Å². The quantitative estimate of drug-likeness (QED) is 0.620. The zero-order chi connectivity index (χ0) is 20.3. The maximum atomic E-state index is 12.7. The van der Waals surface area contributed by atoms with Gasteiger partial charge in [0.05, 0.1) is 30.1 Å². The van der Waals surface area contributed by atoms with Crippen molar-refractivity contribution in [2.24, 2.45) is 0 Å². The number of nitrogens with zero attached hydrogens (tertiary/aromatic N) is 3. The topological polar surface area (TPSA) is 92.1 Å². The number of hydrogen-bond acceptors (Lipinski definition) is 4. The van der Waals surface area contributed by atoms with Crippen LogP contribution in [0.25, 0.3) is 10.9 Å². The van der Waals surface area contributed by atoms with Crippen molar-refractivity contribution in [2.45, 2.75) is 32.3 Å². The van der Waals surface area contributed by atoms with Crippen molar-refractivity contribution in [1.82, 2.24) is 20.1 Å². The molecule has 0 saturated heterocycles. The summed E-state index contributed by atoms with van der Waals surface area (Å²) in [4.78, 5) is 16.3. The molecule has 3 rings (SSSR count). The second-order valence-electron chi connectivity index (χ2n) is 6.20. The molecule has 0 aliphatic carbocycles. The number of urea groups is 1. The van der Waals surface area contributed by atoms with Crippen LogP contribution >= 0.6 is 0 Å². The highest BCUT2D eigenvalue weighted by atomic mass is 19.4. The largest absolute Gasteiger partial charge is 0.408 e. The minimum atomic E-state index is -4.46. The second-order valence-corrected chi connectivity index (χ2v) is 6.20. The minimum Gasteiger partial charge on any atom is -0.390 e. The molecule has 0 bridgehead atoms. The van der Waals surface area contributed by atoms with Gasteiger partial charge >= 0.3 is 12.2 Å². The second kappa shape index (κ2) is 7.85. The Morgan fingerprint density at radius 1 is 1.29 bits per heavy atom. The van der Waals surface area contributed by atoms with Gasteiger partial charge in [0, 0.05) is 5.39 Å². The van der Waals surface area contributed by atoms with Crippen molar-refractivity contribution in [3.8, 4) is 0 Å². The zero-order valence-corrected chi connectivity index (χ0v) is 14.9. The number of alkyl halides is 3. The third-order valence-electron chi connectivity index (χ3n) is 4.06. The fourth-order valence-corrected chi connectivity index (χ4v) is 2.84. The van der Waals surface area contributed by atoms with Crippen molar-refractivity contribution in [1.29, 1.82) is 0 Å². The molecule has 0 fully saturated rings. The smallest absolute Gasteiger partial charge is 0.390 e. The summed E-state index contributed by atoms with van der Waals surface area (Å²) in [5.74, 6) is 0.0980. The third kappa shape index (κ3) is 4.58. The molecule has 0 aliphatic heterocycles. The van der Waals surface area contributed by atoms with Gasteiger partial charge in [0.15, 0.2) is 0 Å². The number of fused-ring (bicyclic) bond motifs is 1. The molecule has 3 aromatic rings. The van der Waals surface area contributed by atoms with Gasteiger partial charge in [0.2, 0.25) is 0 Å². The average molecular weight is 393 g/mol. The first-order valence-electron chi connectivity index (χ1n) is 8.42. The van der Waals surface area contributed by atoms with Crippen molar-refractivity contribution < 1.29 is 23.1 Å². The van der Waals surface area contributed by atoms with Crippen LogP contribution < -0.4 is 10.6 Å². The normalized spacial score (nSPS) is 12.8. The summed E-state index contributed by atoms with van der Waals surface area (Å²) in [7, 11) is 0. The predicted molar refractivity (Wildman–Crippen MR) is 96.5 cm³/mol. The van der Waals surface area contributed by atoms with Gasteiger partial charge in [0.25, 0.3) is 0 Å². The SMILES string of the molecule is C[C@@H](NC(=O)Nc1cc2cnn(CC(F)(F)F)c2c(CO)n1)c1ccccc1. The Morgan fingerprint density at radius 2 is 2.00 bits per heavy atom. The number of carbonyl (C=O) groups is 1. The first-order chi connectivity index (χ1) is 13.3. The fourth-order valence-electron chi connectivity index (χ4n) is 2.84. The van der Waals surface area contributed by atoms with E-state index < -0.39 is 25.4 Å². The van der Waals surface area contributed by atoms with Gasteiger partial charge in [-0.3, -0.25) is 10.00 Å². The summed E-state index contributed by atoms with van der Waals surface area (Å²) in [5.41, 5.74) is 0.972. The van der Waals surface area contributed by atoms with Crippen LogP contribution in [0.4, 0.5) is 23.8 Å². The molecule has 1 atom stereocenters. The van der Waals surface area contributed by atoms with E-state index in [1.807, 2.05) is 37.3 Å². The summed E-state index contributed by atoms with van der Waals surface area (Å²) >= 11 is 0. The number of halogens is 3. The van der Waals surface area contributed by atoms with Crippen LogP contribution in [0.3, 0.4) is 0 Å². The number of hydrogen-bond donors (Lipinski definition) is 3. The molecule has 0 unspecified atom stereocenters. The van der Waals surface area contributed by atoms with E-state index in [4.69, 9.17) is 0 Å². The Hall–Kier alpha value is -3.14. The molecule has 148 valence electrons. The monoisotopic (exact) mass is 393 g/mol. The molecule has 10 heteroatoms. The standard InChI is InChI=1S/C18H18F3N5O2/c1-11(12-5-3-2-4-6-12)23-17(28)25-15-7-13-8-22-26(10-18(19,20)21)16(13)14(9-27)24-15/h2-8,11,27H,9-10H2,1H3,(H2,23,24,25,28)/t11-/m1/s1. The molecule has 2 aromatic heterocycles. The number of carbonyl (C=O) groups excluding carboxylic acids is 1. The van der Waals surface area contributed by atoms with E-state index in [9.17, 15) is 23.1 Å². The van der Waals surface area contributed by atoms with Crippen LogP contribution in [-0.4, -0.2) is 32.1 Å². The van der Waals surface area contributed by atoms with Crippen molar-refractivity contribution in [3.63, 3.8) is 0 Å². The minimum absolute atomic E-state index is 0.00865. The molecule has 7 nitrogen and oxygen atoms in total. The molecular formula is C18H18F3N5O2. The summed E-state index contributed by atoms with van der Waals surface area (Å²) in [5, 5.41) is 18.8. The van der Waals surface area contributed by atoms with Crippen molar-refractivity contribution in [3.05, 3.63) is 53.9 Å². The van der Waals surface area contributed by atoms with Crippen LogP contribution in [0.2, 0.25) is 0 Å². The number of anilines is 1. The van der Waals surface area contributed by atoms with Crippen LogP contribution in [0.1, 0.15) is 24.2 Å². The highest BCUT2D eigenvalue weighted by Gasteiger charge is 2.30. The Kier molecular flexibility index (Phi) is 5.50. The van der Waals surface area contributed by atoms with Gasteiger partial charge in [0.1, 0.15) is 12.4 Å². The number of benzene rings is 1. The fraction of sp³-hybridized carbons (Fsp3) is 0.278. The number of rotatable bonds is 5. The van der Waals surface area contributed by atoms with Gasteiger partial charge in [-0.2, -0.15) is 18.3 Å². The maximum Gasteiger partial charge on any atom is 0.408 e. The first-order valence-corrected chi connectivity index (χ1v) is 8.42. The van der Waals surface area contributed by atoms with Crippen LogP contribution in [0.15, 0.2) is 42.6 Å². The number of amides is 2. The number of aliphatic hydroxyl groups excluding tert-OH is 1. The molecule has 0 spiro atoms. The number of aromatic nitrogens is 3. The number of nitrogens with one attached hydrogen (secondary N) is 2. The maximum absolute atomic E-state index is 12.7. The lowest BCUT2D eigenvalue weighted by molar-refractivity contribution is -0.141. The highest BCUT2D eigenvalue weighted by molar-refractivity contribution is 5.92. The molecule has 2 amide bonds. The van der Waals surface area contributed by atoms with Gasteiger partial charge in [-0.05, 0) is 18.6 Å². The highest BCUT2D eigenvalue weighted by Crippen LogP contribution is 2.25. The van der Waals surface area contributed by atoms with Crippen molar-refractivity contribution in [2.75, 3.05) is 5.32 Å².